The molecular formula is C42H32N6O4. The van der Waals surface area contributed by atoms with Gasteiger partial charge in [0.1, 0.15) is 11.8 Å². The van der Waals surface area contributed by atoms with E-state index in [-0.39, 0.29) is 22.3 Å². The largest absolute Gasteiger partial charge is 0.378 e. The quantitative estimate of drug-likeness (QED) is 0.142. The van der Waals surface area contributed by atoms with Crippen molar-refractivity contribution < 1.29 is 19.2 Å². The lowest BCUT2D eigenvalue weighted by Crippen LogP contribution is -2.15. The van der Waals surface area contributed by atoms with Crippen LogP contribution < -0.4 is 9.80 Å². The Morgan fingerprint density at radius 1 is 0.404 bits per heavy atom. The first-order valence-electron chi connectivity index (χ1n) is 17.0. The van der Waals surface area contributed by atoms with Crippen LogP contribution >= 0.6 is 0 Å². The fraction of sp³-hybridized carbons (Fsp3) is 0.190. The summed E-state index contributed by atoms with van der Waals surface area (Å²) in [6, 6.07) is 21.8. The Balaban J connectivity index is 1.08. The predicted octanol–water partition coefficient (Wildman–Crippen LogP) is 6.95. The highest BCUT2D eigenvalue weighted by atomic mass is 16.2. The van der Waals surface area contributed by atoms with Crippen molar-refractivity contribution in [1.82, 2.24) is 19.9 Å². The van der Waals surface area contributed by atoms with Gasteiger partial charge in [0, 0.05) is 61.8 Å². The number of nitrogens with zero attached hydrogens (tertiary/aromatic N) is 6. The lowest BCUT2D eigenvalue weighted by molar-refractivity contribution is 0.0878. The molecule has 0 bridgehead atoms. The standard InChI is InChI=1S/C42H32N6O4/c1-19-11-31-35(45-33-13-21(47(3)4)7-9-29(33)43-31)17-23(19)37-39(49)25-15-27-28(16-26(25)40(37)50)42(52)38(41(27)51)24-18-36-32(12-20(24)2)44-30-10-8-22(48(5)6)14-34(30)46-36/h7-18,37-38H,1-6H3. The number of aryl methyl sites for hydroxylation is 2. The summed E-state index contributed by atoms with van der Waals surface area (Å²) in [6.07, 6.45) is 0. The molecule has 5 aromatic carbocycles. The number of hydrogen-bond donors (Lipinski definition) is 0. The highest BCUT2D eigenvalue weighted by molar-refractivity contribution is 6.35. The first-order valence-corrected chi connectivity index (χ1v) is 17.0. The summed E-state index contributed by atoms with van der Waals surface area (Å²) in [4.78, 5) is 79.5. The van der Waals surface area contributed by atoms with Crippen molar-refractivity contribution in [1.29, 1.82) is 0 Å². The Bertz CT molecular complexity index is 2580. The highest BCUT2D eigenvalue weighted by Gasteiger charge is 2.46. The van der Waals surface area contributed by atoms with Crippen molar-refractivity contribution in [3.63, 3.8) is 0 Å². The van der Waals surface area contributed by atoms with Gasteiger partial charge < -0.3 is 9.80 Å². The number of Topliss-reactive ketones (excluding diaryl/α,β-unsaturated/α-hetero) is 4. The maximum Gasteiger partial charge on any atom is 0.178 e. The molecule has 10 nitrogen and oxygen atoms in total. The third-order valence-corrected chi connectivity index (χ3v) is 10.5. The topological polar surface area (TPSA) is 126 Å². The number of carbonyl (C=O) groups is 4. The summed E-state index contributed by atoms with van der Waals surface area (Å²) in [5, 5.41) is 0. The smallest absolute Gasteiger partial charge is 0.178 e. The van der Waals surface area contributed by atoms with Gasteiger partial charge in [0.15, 0.2) is 23.1 Å². The Morgan fingerprint density at radius 3 is 1.06 bits per heavy atom. The molecule has 0 N–H and O–H groups in total. The zero-order valence-electron chi connectivity index (χ0n) is 29.4. The summed E-state index contributed by atoms with van der Waals surface area (Å²) in [6.45, 7) is 3.69. The van der Waals surface area contributed by atoms with E-state index in [9.17, 15) is 19.2 Å². The second-order valence-corrected chi connectivity index (χ2v) is 14.2. The molecule has 0 fully saturated rings. The van der Waals surface area contributed by atoms with E-state index < -0.39 is 35.0 Å². The zero-order chi connectivity index (χ0) is 36.3. The van der Waals surface area contributed by atoms with Crippen LogP contribution in [0.1, 0.15) is 75.5 Å². The van der Waals surface area contributed by atoms with Crippen molar-refractivity contribution in [2.45, 2.75) is 25.7 Å². The Kier molecular flexibility index (Phi) is 6.70. The molecule has 2 heterocycles. The van der Waals surface area contributed by atoms with E-state index in [0.717, 1.165) is 33.5 Å². The van der Waals surface area contributed by atoms with E-state index in [0.29, 0.717) is 44.2 Å². The van der Waals surface area contributed by atoms with Gasteiger partial charge in [-0.1, -0.05) is 0 Å². The van der Waals surface area contributed by atoms with Crippen molar-refractivity contribution in [3.8, 4) is 0 Å². The zero-order valence-corrected chi connectivity index (χ0v) is 29.4. The molecule has 254 valence electrons. The van der Waals surface area contributed by atoms with Gasteiger partial charge in [-0.05, 0) is 109 Å². The molecule has 0 spiro atoms. The Hall–Kier alpha value is -6.42. The number of rotatable bonds is 4. The molecule has 9 rings (SSSR count). The van der Waals surface area contributed by atoms with Crippen LogP contribution in [0.5, 0.6) is 0 Å². The van der Waals surface area contributed by atoms with Gasteiger partial charge in [-0.25, -0.2) is 19.9 Å². The van der Waals surface area contributed by atoms with Crippen LogP contribution in [-0.2, 0) is 0 Å². The fourth-order valence-electron chi connectivity index (χ4n) is 7.68. The minimum Gasteiger partial charge on any atom is -0.378 e. The molecule has 2 aliphatic rings. The summed E-state index contributed by atoms with van der Waals surface area (Å²) in [5.74, 6) is -3.84. The number of fused-ring (bicyclic) bond motifs is 6. The monoisotopic (exact) mass is 684 g/mol. The summed E-state index contributed by atoms with van der Waals surface area (Å²) in [7, 11) is 7.80. The second-order valence-electron chi connectivity index (χ2n) is 14.2. The predicted molar refractivity (Wildman–Crippen MR) is 201 cm³/mol. The Labute approximate surface area is 298 Å². The van der Waals surface area contributed by atoms with Crippen LogP contribution in [0.3, 0.4) is 0 Å². The number of aromatic nitrogens is 4. The first kappa shape index (κ1) is 31.6. The van der Waals surface area contributed by atoms with E-state index in [1.807, 2.05) is 100 Å². The Morgan fingerprint density at radius 2 is 0.712 bits per heavy atom. The van der Waals surface area contributed by atoms with Gasteiger partial charge in [-0.15, -0.1) is 0 Å². The van der Waals surface area contributed by atoms with Crippen LogP contribution in [0, 0.1) is 13.8 Å². The van der Waals surface area contributed by atoms with E-state index in [1.54, 1.807) is 12.1 Å². The van der Waals surface area contributed by atoms with Crippen LogP contribution in [0.15, 0.2) is 72.8 Å². The molecule has 0 unspecified atom stereocenters. The van der Waals surface area contributed by atoms with Crippen LogP contribution in [0.2, 0.25) is 0 Å². The molecule has 0 amide bonds. The van der Waals surface area contributed by atoms with Crippen LogP contribution in [0.4, 0.5) is 11.4 Å². The molecule has 0 radical (unpaired) electrons. The van der Waals surface area contributed by atoms with Gasteiger partial charge in [0.05, 0.1) is 44.1 Å². The van der Waals surface area contributed by atoms with Gasteiger partial charge in [0.2, 0.25) is 0 Å². The lowest BCUT2D eigenvalue weighted by atomic mass is 9.89. The maximum absolute atomic E-state index is 14.1. The molecule has 0 saturated heterocycles. The van der Waals surface area contributed by atoms with Crippen LogP contribution in [0.25, 0.3) is 44.1 Å². The average molecular weight is 685 g/mol. The van der Waals surface area contributed by atoms with Crippen molar-refractivity contribution in [3.05, 3.63) is 117 Å². The van der Waals surface area contributed by atoms with Crippen molar-refractivity contribution in [2.24, 2.45) is 0 Å². The number of anilines is 2. The number of carbonyl (C=O) groups excluding carboxylic acids is 4. The first-order chi connectivity index (χ1) is 24.9. The summed E-state index contributed by atoms with van der Waals surface area (Å²) < 4.78 is 0. The normalized spacial score (nSPS) is 14.7. The van der Waals surface area contributed by atoms with Crippen molar-refractivity contribution in [2.75, 3.05) is 38.0 Å². The average Bonchev–Trinajstić information content (AvgIpc) is 3.50. The van der Waals surface area contributed by atoms with Crippen molar-refractivity contribution >= 4 is 78.6 Å². The molecule has 7 aromatic rings. The lowest BCUT2D eigenvalue weighted by Gasteiger charge is -2.14. The molecule has 52 heavy (non-hydrogen) atoms. The minimum atomic E-state index is -1.11. The highest BCUT2D eigenvalue weighted by Crippen LogP contribution is 2.43. The second kappa shape index (κ2) is 11.0. The molecule has 2 aromatic heterocycles. The molecular weight excluding hydrogens is 653 g/mol. The van der Waals surface area contributed by atoms with E-state index in [1.165, 1.54) is 12.1 Å². The molecule has 0 atom stereocenters. The van der Waals surface area contributed by atoms with Gasteiger partial charge >= 0.3 is 0 Å². The minimum absolute atomic E-state index is 0.152. The van der Waals surface area contributed by atoms with Crippen LogP contribution in [-0.4, -0.2) is 71.3 Å². The van der Waals surface area contributed by atoms with Gasteiger partial charge in [-0.3, -0.25) is 19.2 Å². The van der Waals surface area contributed by atoms with E-state index in [2.05, 4.69) is 0 Å². The SMILES string of the molecule is Cc1cc2nc3ccc(N(C)C)cc3nc2cc1C1C(=O)c2cc3c(cc2C1=O)C(=O)C(c1cc2nc4cc(N(C)C)ccc4nc2cc1C)C3=O. The molecule has 2 aliphatic carbocycles. The molecule has 0 aliphatic heterocycles. The van der Waals surface area contributed by atoms with E-state index in [4.69, 9.17) is 19.9 Å². The third-order valence-electron chi connectivity index (χ3n) is 10.5. The number of ketones is 4. The fourth-order valence-corrected chi connectivity index (χ4v) is 7.68. The van der Waals surface area contributed by atoms with Gasteiger partial charge in [-0.2, -0.15) is 0 Å². The van der Waals surface area contributed by atoms with E-state index >= 15 is 0 Å². The summed E-state index contributed by atoms with van der Waals surface area (Å²) >= 11 is 0. The maximum atomic E-state index is 14.1. The molecule has 10 heteroatoms. The summed E-state index contributed by atoms with van der Waals surface area (Å²) in [5.41, 5.74) is 10.4. The van der Waals surface area contributed by atoms with Gasteiger partial charge in [0.25, 0.3) is 0 Å². The number of hydrogen-bond acceptors (Lipinski definition) is 10. The number of benzene rings is 5. The third kappa shape index (κ3) is 4.56. The molecule has 0 saturated carbocycles.